The second-order valence-corrected chi connectivity index (χ2v) is 7.07. The third-order valence-corrected chi connectivity index (χ3v) is 4.12. The molecule has 20 heavy (non-hydrogen) atoms. The van der Waals surface area contributed by atoms with Gasteiger partial charge in [-0.1, -0.05) is 0 Å². The third-order valence-electron chi connectivity index (χ3n) is 4.12. The van der Waals surface area contributed by atoms with Crippen molar-refractivity contribution in [2.24, 2.45) is 17.8 Å². The molecule has 114 valence electrons. The molecule has 0 aromatic heterocycles. The predicted octanol–water partition coefficient (Wildman–Crippen LogP) is 2.74. The molecule has 0 aromatic rings. The first-order valence-electron chi connectivity index (χ1n) is 7.46. The highest BCUT2D eigenvalue weighted by Crippen LogP contribution is 2.44. The molecule has 0 radical (unpaired) electrons. The number of carboxylic acids is 1. The number of rotatable bonds is 3. The molecule has 1 amide bonds. The molecule has 0 spiro atoms. The number of amides is 1. The summed E-state index contributed by atoms with van der Waals surface area (Å²) in [5.41, 5.74) is -0.482. The average Bonchev–Trinajstić information content (AvgIpc) is 3.10. The Bertz CT molecular complexity index is 384. The predicted molar refractivity (Wildman–Crippen MR) is 74.4 cm³/mol. The van der Waals surface area contributed by atoms with E-state index < -0.39 is 11.6 Å². The number of carboxylic acid groups (broad SMARTS) is 1. The van der Waals surface area contributed by atoms with E-state index in [1.54, 1.807) is 4.90 Å². The van der Waals surface area contributed by atoms with Crippen LogP contribution >= 0.6 is 0 Å². The Morgan fingerprint density at radius 3 is 2.40 bits per heavy atom. The van der Waals surface area contributed by atoms with Gasteiger partial charge in [0, 0.05) is 19.5 Å². The van der Waals surface area contributed by atoms with Crippen molar-refractivity contribution in [3.63, 3.8) is 0 Å². The lowest BCUT2D eigenvalue weighted by molar-refractivity contribution is -0.139. The summed E-state index contributed by atoms with van der Waals surface area (Å²) in [5, 5.41) is 9.01. The van der Waals surface area contributed by atoms with E-state index in [2.05, 4.69) is 0 Å². The number of carbonyl (C=O) groups excluding carboxylic acids is 1. The summed E-state index contributed by atoms with van der Waals surface area (Å²) in [5.74, 6) is 0.405. The third kappa shape index (κ3) is 4.12. The number of hydrogen-bond acceptors (Lipinski definition) is 3. The van der Waals surface area contributed by atoms with Gasteiger partial charge in [-0.15, -0.1) is 0 Å². The smallest absolute Gasteiger partial charge is 0.410 e. The fourth-order valence-corrected chi connectivity index (χ4v) is 3.06. The van der Waals surface area contributed by atoms with Crippen LogP contribution in [0.15, 0.2) is 0 Å². The molecule has 1 heterocycles. The average molecular weight is 283 g/mol. The molecule has 1 saturated heterocycles. The van der Waals surface area contributed by atoms with Gasteiger partial charge in [-0.3, -0.25) is 4.79 Å². The summed E-state index contributed by atoms with van der Waals surface area (Å²) >= 11 is 0. The molecular formula is C15H25NO4. The summed E-state index contributed by atoms with van der Waals surface area (Å²) in [7, 11) is 0. The number of hydrogen-bond donors (Lipinski definition) is 1. The number of ether oxygens (including phenoxy) is 1. The van der Waals surface area contributed by atoms with Crippen molar-refractivity contribution in [3.05, 3.63) is 0 Å². The first-order valence-corrected chi connectivity index (χ1v) is 7.46. The summed E-state index contributed by atoms with van der Waals surface area (Å²) in [4.78, 5) is 24.8. The molecule has 5 nitrogen and oxygen atoms in total. The topological polar surface area (TPSA) is 66.8 Å². The van der Waals surface area contributed by atoms with Crippen LogP contribution in [-0.2, 0) is 9.53 Å². The van der Waals surface area contributed by atoms with Crippen molar-refractivity contribution in [1.82, 2.24) is 4.90 Å². The van der Waals surface area contributed by atoms with Gasteiger partial charge in [0.05, 0.1) is 0 Å². The van der Waals surface area contributed by atoms with Crippen LogP contribution in [0.3, 0.4) is 0 Å². The van der Waals surface area contributed by atoms with Gasteiger partial charge in [-0.25, -0.2) is 4.79 Å². The van der Waals surface area contributed by atoms with Crippen molar-refractivity contribution in [2.45, 2.75) is 52.1 Å². The van der Waals surface area contributed by atoms with Crippen LogP contribution in [0.5, 0.6) is 0 Å². The Hall–Kier alpha value is -1.26. The zero-order valence-corrected chi connectivity index (χ0v) is 12.6. The molecule has 2 aliphatic rings. The Balaban J connectivity index is 1.96. The van der Waals surface area contributed by atoms with E-state index in [4.69, 9.17) is 9.84 Å². The van der Waals surface area contributed by atoms with E-state index in [1.807, 2.05) is 20.8 Å². The molecule has 0 unspecified atom stereocenters. The van der Waals surface area contributed by atoms with E-state index in [-0.39, 0.29) is 18.4 Å². The molecule has 5 heteroatoms. The maximum absolute atomic E-state index is 12.1. The van der Waals surface area contributed by atoms with Crippen LogP contribution in [0.1, 0.15) is 46.5 Å². The van der Waals surface area contributed by atoms with Crippen LogP contribution in [0.25, 0.3) is 0 Å². The molecular weight excluding hydrogens is 258 g/mol. The highest BCUT2D eigenvalue weighted by atomic mass is 16.6. The van der Waals surface area contributed by atoms with Gasteiger partial charge in [0.1, 0.15) is 5.60 Å². The van der Waals surface area contributed by atoms with Gasteiger partial charge in [-0.05, 0) is 57.8 Å². The minimum Gasteiger partial charge on any atom is -0.481 e. The summed E-state index contributed by atoms with van der Waals surface area (Å²) in [6.45, 7) is 6.84. The van der Waals surface area contributed by atoms with Crippen molar-refractivity contribution in [2.75, 3.05) is 13.1 Å². The molecule has 0 bridgehead atoms. The van der Waals surface area contributed by atoms with Crippen LogP contribution in [-0.4, -0.2) is 40.8 Å². The Morgan fingerprint density at radius 2 is 1.90 bits per heavy atom. The van der Waals surface area contributed by atoms with Crippen molar-refractivity contribution < 1.29 is 19.4 Å². The zero-order chi connectivity index (χ0) is 14.9. The quantitative estimate of drug-likeness (QED) is 0.864. The SMILES string of the molecule is CC(C)(C)OC(=O)N1CC[C@@H](CC(=O)O)[C@@H](C2CC2)C1. The maximum Gasteiger partial charge on any atom is 0.410 e. The molecule has 1 N–H and O–H groups in total. The Morgan fingerprint density at radius 1 is 1.25 bits per heavy atom. The highest BCUT2D eigenvalue weighted by Gasteiger charge is 2.42. The van der Waals surface area contributed by atoms with Crippen LogP contribution in [0.2, 0.25) is 0 Å². The summed E-state index contributed by atoms with van der Waals surface area (Å²) in [6, 6.07) is 0. The summed E-state index contributed by atoms with van der Waals surface area (Å²) < 4.78 is 5.41. The maximum atomic E-state index is 12.1. The van der Waals surface area contributed by atoms with E-state index in [9.17, 15) is 9.59 Å². The molecule has 2 atom stereocenters. The van der Waals surface area contributed by atoms with Crippen LogP contribution in [0.4, 0.5) is 4.79 Å². The molecule has 1 aliphatic carbocycles. The molecule has 1 aliphatic heterocycles. The van der Waals surface area contributed by atoms with E-state index in [0.717, 1.165) is 6.42 Å². The fourth-order valence-electron chi connectivity index (χ4n) is 3.06. The second kappa shape index (κ2) is 5.62. The number of aliphatic carboxylic acids is 1. The lowest BCUT2D eigenvalue weighted by Gasteiger charge is -2.38. The van der Waals surface area contributed by atoms with E-state index in [0.29, 0.717) is 24.9 Å². The van der Waals surface area contributed by atoms with Crippen LogP contribution in [0, 0.1) is 17.8 Å². The lowest BCUT2D eigenvalue weighted by Crippen LogP contribution is -2.46. The van der Waals surface area contributed by atoms with Gasteiger partial charge in [0.2, 0.25) is 0 Å². The first-order chi connectivity index (χ1) is 9.26. The monoisotopic (exact) mass is 283 g/mol. The minimum atomic E-state index is -0.730. The standard InChI is InChI=1S/C15H25NO4/c1-15(2,3)20-14(19)16-7-6-11(8-13(17)18)12(9-16)10-4-5-10/h10-12H,4-9H2,1-3H3,(H,17,18)/t11-,12+/m0/s1. The van der Waals surface area contributed by atoms with Gasteiger partial charge >= 0.3 is 12.1 Å². The number of piperidine rings is 1. The lowest BCUT2D eigenvalue weighted by atomic mass is 9.80. The molecule has 2 rings (SSSR count). The van der Waals surface area contributed by atoms with Crippen LogP contribution < -0.4 is 0 Å². The van der Waals surface area contributed by atoms with Gasteiger partial charge in [0.25, 0.3) is 0 Å². The van der Waals surface area contributed by atoms with Gasteiger partial charge < -0.3 is 14.7 Å². The van der Waals surface area contributed by atoms with E-state index in [1.165, 1.54) is 12.8 Å². The number of carbonyl (C=O) groups is 2. The van der Waals surface area contributed by atoms with Gasteiger partial charge in [-0.2, -0.15) is 0 Å². The van der Waals surface area contributed by atoms with Gasteiger partial charge in [0.15, 0.2) is 0 Å². The summed E-state index contributed by atoms with van der Waals surface area (Å²) in [6.07, 6.45) is 3.07. The minimum absolute atomic E-state index is 0.207. The van der Waals surface area contributed by atoms with Crippen molar-refractivity contribution in [3.8, 4) is 0 Å². The normalized spacial score (nSPS) is 27.2. The van der Waals surface area contributed by atoms with Crippen molar-refractivity contribution >= 4 is 12.1 Å². The second-order valence-electron chi connectivity index (χ2n) is 7.07. The molecule has 1 saturated carbocycles. The largest absolute Gasteiger partial charge is 0.481 e. The molecule has 0 aromatic carbocycles. The number of likely N-dealkylation sites (tertiary alicyclic amines) is 1. The van der Waals surface area contributed by atoms with E-state index >= 15 is 0 Å². The fraction of sp³-hybridized carbons (Fsp3) is 0.867. The highest BCUT2D eigenvalue weighted by molar-refractivity contribution is 5.69. The van der Waals surface area contributed by atoms with Crippen molar-refractivity contribution in [1.29, 1.82) is 0 Å². The number of nitrogens with zero attached hydrogens (tertiary/aromatic N) is 1. The molecule has 2 fully saturated rings. The Labute approximate surface area is 120 Å². The Kier molecular flexibility index (Phi) is 4.25. The first kappa shape index (κ1) is 15.1. The zero-order valence-electron chi connectivity index (χ0n) is 12.6.